The molecule has 19 heteroatoms. The lowest BCUT2D eigenvalue weighted by Gasteiger charge is -2.21. The number of rotatable bonds is 67. The summed E-state index contributed by atoms with van der Waals surface area (Å²) in [4.78, 5) is 72.4. The molecule has 0 rings (SSSR count). The van der Waals surface area contributed by atoms with Crippen molar-refractivity contribution in [1.29, 1.82) is 0 Å². The molecule has 0 spiro atoms. The molecule has 0 bridgehead atoms. The molecular formula is C70H136O17P2. The van der Waals surface area contributed by atoms with Crippen LogP contribution in [0.15, 0.2) is 0 Å². The van der Waals surface area contributed by atoms with E-state index in [9.17, 15) is 43.2 Å². The van der Waals surface area contributed by atoms with E-state index in [1.807, 2.05) is 0 Å². The molecule has 0 aromatic rings. The minimum Gasteiger partial charge on any atom is -0.462 e. The Hall–Kier alpha value is -1.94. The van der Waals surface area contributed by atoms with Gasteiger partial charge in [0.25, 0.3) is 0 Å². The van der Waals surface area contributed by atoms with Gasteiger partial charge in [-0.1, -0.05) is 293 Å². The SMILES string of the molecule is CCC(C)CCCCCCCCCCC(=O)O[C@H](COC(=O)CCCCCCCCCCCCCCCCCC(C)C)COP(=O)(O)OC[C@@H](O)COP(=O)(O)OC[C@@H](COC(=O)CCCCCCCCC(C)C)OC(=O)CCCCCCCCCC(C)C. The molecule has 0 aliphatic rings. The molecule has 0 saturated heterocycles. The van der Waals surface area contributed by atoms with E-state index in [1.54, 1.807) is 0 Å². The molecule has 3 unspecified atom stereocenters. The quantitative estimate of drug-likeness (QED) is 0.0222. The van der Waals surface area contributed by atoms with Gasteiger partial charge in [0.2, 0.25) is 0 Å². The summed E-state index contributed by atoms with van der Waals surface area (Å²) in [5, 5.41) is 10.6. The number of hydrogen-bond acceptors (Lipinski definition) is 15. The van der Waals surface area contributed by atoms with Crippen LogP contribution in [0.5, 0.6) is 0 Å². The van der Waals surface area contributed by atoms with Crippen LogP contribution in [0.4, 0.5) is 0 Å². The van der Waals surface area contributed by atoms with Crippen LogP contribution in [-0.4, -0.2) is 96.7 Å². The van der Waals surface area contributed by atoms with E-state index in [4.69, 9.17) is 37.0 Å². The minimum atomic E-state index is -4.95. The molecule has 528 valence electrons. The van der Waals surface area contributed by atoms with Gasteiger partial charge < -0.3 is 33.8 Å². The van der Waals surface area contributed by atoms with Crippen molar-refractivity contribution in [3.63, 3.8) is 0 Å². The highest BCUT2D eigenvalue weighted by atomic mass is 31.2. The number of carbonyl (C=O) groups excluding carboxylic acids is 4. The van der Waals surface area contributed by atoms with Gasteiger partial charge >= 0.3 is 39.5 Å². The molecule has 0 aromatic carbocycles. The molecular weight excluding hydrogens is 1170 g/mol. The number of esters is 4. The lowest BCUT2D eigenvalue weighted by Crippen LogP contribution is -2.30. The second-order valence-electron chi connectivity index (χ2n) is 26.9. The summed E-state index contributed by atoms with van der Waals surface area (Å²) >= 11 is 0. The van der Waals surface area contributed by atoms with Crippen molar-refractivity contribution >= 4 is 39.5 Å². The molecule has 6 atom stereocenters. The van der Waals surface area contributed by atoms with E-state index < -0.39 is 97.5 Å². The Morgan fingerprint density at radius 1 is 0.315 bits per heavy atom. The number of aliphatic hydroxyl groups is 1. The van der Waals surface area contributed by atoms with Crippen molar-refractivity contribution in [1.82, 2.24) is 0 Å². The number of unbranched alkanes of at least 4 members (excludes halogenated alkanes) is 32. The smallest absolute Gasteiger partial charge is 0.462 e. The minimum absolute atomic E-state index is 0.102. The highest BCUT2D eigenvalue weighted by Crippen LogP contribution is 2.45. The van der Waals surface area contributed by atoms with Gasteiger partial charge in [0.1, 0.15) is 19.3 Å². The van der Waals surface area contributed by atoms with Gasteiger partial charge in [-0.05, 0) is 49.4 Å². The van der Waals surface area contributed by atoms with Crippen LogP contribution < -0.4 is 0 Å². The predicted octanol–water partition coefficient (Wildman–Crippen LogP) is 19.7. The first kappa shape index (κ1) is 87.1. The first-order valence-corrected chi connectivity index (χ1v) is 39.2. The fourth-order valence-corrected chi connectivity index (χ4v) is 12.0. The number of phosphoric ester groups is 2. The summed E-state index contributed by atoms with van der Waals surface area (Å²) in [7, 11) is -9.90. The zero-order valence-corrected chi connectivity index (χ0v) is 59.8. The van der Waals surface area contributed by atoms with Crippen LogP contribution in [0.25, 0.3) is 0 Å². The van der Waals surface area contributed by atoms with Gasteiger partial charge in [-0.15, -0.1) is 0 Å². The zero-order valence-electron chi connectivity index (χ0n) is 58.1. The van der Waals surface area contributed by atoms with E-state index in [0.29, 0.717) is 37.5 Å². The van der Waals surface area contributed by atoms with Crippen molar-refractivity contribution in [3.05, 3.63) is 0 Å². The van der Waals surface area contributed by atoms with Crippen LogP contribution in [0.1, 0.15) is 344 Å². The number of ether oxygens (including phenoxy) is 4. The van der Waals surface area contributed by atoms with Crippen LogP contribution in [-0.2, 0) is 65.4 Å². The number of phosphoric acid groups is 2. The number of carbonyl (C=O) groups is 4. The zero-order chi connectivity index (χ0) is 66.1. The van der Waals surface area contributed by atoms with Crippen LogP contribution >= 0.6 is 15.6 Å². The molecule has 0 aliphatic heterocycles. The van der Waals surface area contributed by atoms with Crippen molar-refractivity contribution < 1.29 is 80.2 Å². The third-order valence-corrected chi connectivity index (χ3v) is 18.3. The molecule has 17 nitrogen and oxygen atoms in total. The number of aliphatic hydroxyl groups excluding tert-OH is 1. The molecule has 0 fully saturated rings. The van der Waals surface area contributed by atoms with Gasteiger partial charge in [0, 0.05) is 25.7 Å². The molecule has 3 N–H and O–H groups in total. The molecule has 89 heavy (non-hydrogen) atoms. The topological polar surface area (TPSA) is 237 Å². The summed E-state index contributed by atoms with van der Waals surface area (Å²) in [5.41, 5.74) is 0. The lowest BCUT2D eigenvalue weighted by molar-refractivity contribution is -0.161. The Balaban J connectivity index is 5.20. The molecule has 0 amide bonds. The number of hydrogen-bond donors (Lipinski definition) is 3. The Labute approximate surface area is 543 Å². The fourth-order valence-electron chi connectivity index (χ4n) is 10.5. The Kier molecular flexibility index (Phi) is 58.5. The van der Waals surface area contributed by atoms with Crippen molar-refractivity contribution in [2.75, 3.05) is 39.6 Å². The third-order valence-electron chi connectivity index (χ3n) is 16.4. The Bertz CT molecular complexity index is 1770. The maximum Gasteiger partial charge on any atom is 0.472 e. The Morgan fingerprint density at radius 3 is 0.798 bits per heavy atom. The van der Waals surface area contributed by atoms with Crippen molar-refractivity contribution in [3.8, 4) is 0 Å². The normalized spacial score (nSPS) is 14.6. The summed E-state index contributed by atoms with van der Waals surface area (Å²) in [6.45, 7) is 14.0. The van der Waals surface area contributed by atoms with Crippen molar-refractivity contribution in [2.24, 2.45) is 23.7 Å². The second-order valence-corrected chi connectivity index (χ2v) is 29.8. The third kappa shape index (κ3) is 63.2. The molecule has 0 aliphatic carbocycles. The first-order chi connectivity index (χ1) is 42.6. The van der Waals surface area contributed by atoms with Gasteiger partial charge in [-0.3, -0.25) is 37.3 Å². The maximum absolute atomic E-state index is 13.0. The summed E-state index contributed by atoms with van der Waals surface area (Å²) < 4.78 is 68.2. The molecule has 0 heterocycles. The van der Waals surface area contributed by atoms with Crippen LogP contribution in [0.3, 0.4) is 0 Å². The first-order valence-electron chi connectivity index (χ1n) is 36.2. The van der Waals surface area contributed by atoms with E-state index in [-0.39, 0.29) is 25.7 Å². The average molecular weight is 1310 g/mol. The van der Waals surface area contributed by atoms with E-state index in [1.165, 1.54) is 141 Å². The molecule has 0 aromatic heterocycles. The molecule has 0 radical (unpaired) electrons. The van der Waals surface area contributed by atoms with Gasteiger partial charge in [0.05, 0.1) is 26.4 Å². The van der Waals surface area contributed by atoms with E-state index >= 15 is 0 Å². The van der Waals surface area contributed by atoms with Crippen molar-refractivity contribution in [2.45, 2.75) is 363 Å². The Morgan fingerprint density at radius 2 is 0.539 bits per heavy atom. The van der Waals surface area contributed by atoms with Gasteiger partial charge in [-0.2, -0.15) is 0 Å². The predicted molar refractivity (Wildman–Crippen MR) is 358 cm³/mol. The van der Waals surface area contributed by atoms with Crippen LogP contribution in [0.2, 0.25) is 0 Å². The maximum atomic E-state index is 13.0. The summed E-state index contributed by atoms with van der Waals surface area (Å²) in [6, 6.07) is 0. The standard InChI is InChI=1S/C70H136O17P2/c1-9-63(8)49-41-33-24-19-20-26-36-44-52-69(74)86-65(56-80-67(72)50-42-34-25-18-16-14-12-10-11-13-15-17-22-30-38-46-60(2)3)58-84-88(76,77)82-54-64(71)55-83-89(78,79)85-59-66(57-81-68(73)51-43-35-29-28-32-40-48-62(6)7)87-70(75)53-45-37-27-21-23-31-39-47-61(4)5/h60-66,71H,9-59H2,1-8H3,(H,76,77)(H,78,79)/t63?,64-,65-,66-/m1/s1. The van der Waals surface area contributed by atoms with E-state index in [2.05, 4.69) is 55.4 Å². The molecule has 0 saturated carbocycles. The van der Waals surface area contributed by atoms with Crippen LogP contribution in [0, 0.1) is 23.7 Å². The fraction of sp³-hybridized carbons (Fsp3) is 0.943. The average Bonchev–Trinajstić information content (AvgIpc) is 3.58. The lowest BCUT2D eigenvalue weighted by atomic mass is 9.99. The van der Waals surface area contributed by atoms with Gasteiger partial charge in [0.15, 0.2) is 12.2 Å². The van der Waals surface area contributed by atoms with Gasteiger partial charge in [-0.25, -0.2) is 9.13 Å². The largest absolute Gasteiger partial charge is 0.472 e. The summed E-state index contributed by atoms with van der Waals surface area (Å²) in [5.74, 6) is 0.816. The monoisotopic (exact) mass is 1310 g/mol. The summed E-state index contributed by atoms with van der Waals surface area (Å²) in [6.07, 6.45) is 42.0. The highest BCUT2D eigenvalue weighted by molar-refractivity contribution is 7.47. The van der Waals surface area contributed by atoms with E-state index in [0.717, 1.165) is 108 Å². The second kappa shape index (κ2) is 59.8. The highest BCUT2D eigenvalue weighted by Gasteiger charge is 2.30.